The minimum absolute atomic E-state index is 0.630. The first kappa shape index (κ1) is 11.3. The van der Waals surface area contributed by atoms with Crippen LogP contribution in [0.3, 0.4) is 0 Å². The van der Waals surface area contributed by atoms with Crippen molar-refractivity contribution in [3.8, 4) is 0 Å². The maximum absolute atomic E-state index is 4.20. The second kappa shape index (κ2) is 4.78. The van der Waals surface area contributed by atoms with Crippen molar-refractivity contribution in [3.05, 3.63) is 45.3 Å². The number of aromatic nitrogens is 2. The van der Waals surface area contributed by atoms with E-state index in [2.05, 4.69) is 69.9 Å². The van der Waals surface area contributed by atoms with Crippen molar-refractivity contribution in [1.29, 1.82) is 0 Å². The van der Waals surface area contributed by atoms with Crippen LogP contribution in [0.2, 0.25) is 0 Å². The Morgan fingerprint density at radius 3 is 2.12 bits per heavy atom. The van der Waals surface area contributed by atoms with Crippen LogP contribution >= 0.6 is 22.6 Å². The van der Waals surface area contributed by atoms with Gasteiger partial charge in [0.25, 0.3) is 0 Å². The fourth-order valence-corrected chi connectivity index (χ4v) is 1.83. The average molecular weight is 325 g/mol. The van der Waals surface area contributed by atoms with Gasteiger partial charge in [-0.15, -0.1) is 0 Å². The highest BCUT2D eigenvalue weighted by Crippen LogP contribution is 2.17. The van der Waals surface area contributed by atoms with Gasteiger partial charge in [0.2, 0.25) is 5.95 Å². The summed E-state index contributed by atoms with van der Waals surface area (Å²) in [6.45, 7) is 4.15. The van der Waals surface area contributed by atoms with Crippen molar-refractivity contribution in [1.82, 2.24) is 9.97 Å². The summed E-state index contributed by atoms with van der Waals surface area (Å²) in [6.07, 6.45) is 3.58. The van der Waals surface area contributed by atoms with Crippen molar-refractivity contribution in [3.63, 3.8) is 0 Å². The van der Waals surface area contributed by atoms with Crippen LogP contribution in [-0.4, -0.2) is 9.97 Å². The van der Waals surface area contributed by atoms with Crippen molar-refractivity contribution >= 4 is 34.2 Å². The van der Waals surface area contributed by atoms with Gasteiger partial charge in [-0.2, -0.15) is 0 Å². The molecule has 82 valence electrons. The SMILES string of the molecule is Cc1cc(C)cc(Nc2ncc(I)cn2)c1. The number of rotatable bonds is 2. The smallest absolute Gasteiger partial charge is 0.227 e. The molecule has 0 saturated carbocycles. The molecule has 0 amide bonds. The van der Waals surface area contributed by atoms with E-state index in [1.165, 1.54) is 11.1 Å². The van der Waals surface area contributed by atoms with E-state index in [-0.39, 0.29) is 0 Å². The lowest BCUT2D eigenvalue weighted by atomic mass is 10.1. The van der Waals surface area contributed by atoms with Crippen LogP contribution in [0.5, 0.6) is 0 Å². The van der Waals surface area contributed by atoms with Gasteiger partial charge < -0.3 is 5.32 Å². The molecule has 0 fully saturated rings. The third-order valence-corrected chi connectivity index (χ3v) is 2.66. The standard InChI is InChI=1S/C12H12IN3/c1-8-3-9(2)5-11(4-8)16-12-14-6-10(13)7-15-12/h3-7H,1-2H3,(H,14,15,16). The first-order valence-corrected chi connectivity index (χ1v) is 6.04. The summed E-state index contributed by atoms with van der Waals surface area (Å²) in [4.78, 5) is 8.41. The molecular formula is C12H12IN3. The van der Waals surface area contributed by atoms with E-state index in [1.54, 1.807) is 12.4 Å². The number of benzene rings is 1. The minimum Gasteiger partial charge on any atom is -0.324 e. The highest BCUT2D eigenvalue weighted by Gasteiger charge is 1.99. The molecule has 0 saturated heterocycles. The van der Waals surface area contributed by atoms with E-state index in [0.717, 1.165) is 9.26 Å². The summed E-state index contributed by atoms with van der Waals surface area (Å²) in [7, 11) is 0. The first-order valence-electron chi connectivity index (χ1n) is 4.96. The fraction of sp³-hybridized carbons (Fsp3) is 0.167. The van der Waals surface area contributed by atoms with Gasteiger partial charge in [-0.3, -0.25) is 0 Å². The number of aryl methyl sites for hydroxylation is 2. The maximum Gasteiger partial charge on any atom is 0.227 e. The fourth-order valence-electron chi connectivity index (χ4n) is 1.55. The molecule has 2 aromatic rings. The van der Waals surface area contributed by atoms with Crippen molar-refractivity contribution in [2.45, 2.75) is 13.8 Å². The molecule has 4 heteroatoms. The molecule has 1 N–H and O–H groups in total. The highest BCUT2D eigenvalue weighted by molar-refractivity contribution is 14.1. The van der Waals surface area contributed by atoms with Gasteiger partial charge in [0.15, 0.2) is 0 Å². The van der Waals surface area contributed by atoms with Crippen LogP contribution in [0.1, 0.15) is 11.1 Å². The molecule has 0 radical (unpaired) electrons. The first-order chi connectivity index (χ1) is 7.63. The van der Waals surface area contributed by atoms with E-state index in [9.17, 15) is 0 Å². The van der Waals surface area contributed by atoms with Crippen LogP contribution in [0.25, 0.3) is 0 Å². The molecular weight excluding hydrogens is 313 g/mol. The summed E-state index contributed by atoms with van der Waals surface area (Å²) in [5.74, 6) is 0.630. The molecule has 1 aromatic heterocycles. The Labute approximate surface area is 108 Å². The lowest BCUT2D eigenvalue weighted by Crippen LogP contribution is -1.97. The topological polar surface area (TPSA) is 37.8 Å². The van der Waals surface area contributed by atoms with Gasteiger partial charge >= 0.3 is 0 Å². The van der Waals surface area contributed by atoms with Crippen molar-refractivity contribution in [2.24, 2.45) is 0 Å². The number of hydrogen-bond donors (Lipinski definition) is 1. The van der Waals surface area contributed by atoms with E-state index >= 15 is 0 Å². The summed E-state index contributed by atoms with van der Waals surface area (Å²) in [5.41, 5.74) is 3.49. The minimum atomic E-state index is 0.630. The number of nitrogens with one attached hydrogen (secondary N) is 1. The highest BCUT2D eigenvalue weighted by atomic mass is 127. The normalized spacial score (nSPS) is 10.2. The summed E-state index contributed by atoms with van der Waals surface area (Å²) in [6, 6.07) is 6.29. The van der Waals surface area contributed by atoms with Gasteiger partial charge in [0, 0.05) is 21.7 Å². The van der Waals surface area contributed by atoms with Gasteiger partial charge in [-0.25, -0.2) is 9.97 Å². The molecule has 0 aliphatic carbocycles. The Hall–Kier alpha value is -1.17. The molecule has 16 heavy (non-hydrogen) atoms. The van der Waals surface area contributed by atoms with Crippen LogP contribution in [0.4, 0.5) is 11.6 Å². The Balaban J connectivity index is 2.23. The monoisotopic (exact) mass is 325 g/mol. The van der Waals surface area contributed by atoms with Crippen LogP contribution in [-0.2, 0) is 0 Å². The van der Waals surface area contributed by atoms with Gasteiger partial charge in [-0.1, -0.05) is 6.07 Å². The van der Waals surface area contributed by atoms with Crippen LogP contribution in [0.15, 0.2) is 30.6 Å². The summed E-state index contributed by atoms with van der Waals surface area (Å²) in [5, 5.41) is 3.19. The zero-order valence-corrected chi connectivity index (χ0v) is 11.3. The van der Waals surface area contributed by atoms with Crippen molar-refractivity contribution in [2.75, 3.05) is 5.32 Å². The zero-order chi connectivity index (χ0) is 11.5. The van der Waals surface area contributed by atoms with Gasteiger partial charge in [-0.05, 0) is 59.7 Å². The second-order valence-electron chi connectivity index (χ2n) is 3.73. The molecule has 3 nitrogen and oxygen atoms in total. The molecule has 0 aliphatic rings. The number of halogens is 1. The van der Waals surface area contributed by atoms with Gasteiger partial charge in [0.05, 0.1) is 0 Å². The lowest BCUT2D eigenvalue weighted by molar-refractivity contribution is 1.15. The molecule has 1 heterocycles. The van der Waals surface area contributed by atoms with Crippen LogP contribution < -0.4 is 5.32 Å². The Bertz CT molecular complexity index is 474. The molecule has 0 atom stereocenters. The van der Waals surface area contributed by atoms with E-state index in [1.807, 2.05) is 0 Å². The molecule has 0 spiro atoms. The quantitative estimate of drug-likeness (QED) is 0.860. The Morgan fingerprint density at radius 2 is 1.56 bits per heavy atom. The number of hydrogen-bond acceptors (Lipinski definition) is 3. The largest absolute Gasteiger partial charge is 0.324 e. The average Bonchev–Trinajstić information content (AvgIpc) is 2.20. The van der Waals surface area contributed by atoms with Crippen molar-refractivity contribution < 1.29 is 0 Å². The van der Waals surface area contributed by atoms with E-state index in [0.29, 0.717) is 5.95 Å². The summed E-state index contributed by atoms with van der Waals surface area (Å²) >= 11 is 2.19. The molecule has 2 rings (SSSR count). The van der Waals surface area contributed by atoms with E-state index in [4.69, 9.17) is 0 Å². The maximum atomic E-state index is 4.20. The second-order valence-corrected chi connectivity index (χ2v) is 4.97. The lowest BCUT2D eigenvalue weighted by Gasteiger charge is -2.06. The number of anilines is 2. The number of nitrogens with zero attached hydrogens (tertiary/aromatic N) is 2. The predicted molar refractivity (Wildman–Crippen MR) is 73.9 cm³/mol. The third-order valence-electron chi connectivity index (χ3n) is 2.10. The van der Waals surface area contributed by atoms with Crippen LogP contribution in [0, 0.1) is 17.4 Å². The zero-order valence-electron chi connectivity index (χ0n) is 9.16. The van der Waals surface area contributed by atoms with Gasteiger partial charge in [0.1, 0.15) is 0 Å². The summed E-state index contributed by atoms with van der Waals surface area (Å²) < 4.78 is 1.03. The molecule has 0 unspecified atom stereocenters. The molecule has 0 bridgehead atoms. The Kier molecular flexibility index (Phi) is 3.38. The third kappa shape index (κ3) is 2.91. The molecule has 1 aromatic carbocycles. The van der Waals surface area contributed by atoms with E-state index < -0.39 is 0 Å². The Morgan fingerprint density at radius 1 is 1.00 bits per heavy atom. The molecule has 0 aliphatic heterocycles. The predicted octanol–water partition coefficient (Wildman–Crippen LogP) is 3.44.